The van der Waals surface area contributed by atoms with E-state index in [0.29, 0.717) is 24.0 Å². The first kappa shape index (κ1) is 11.0. The van der Waals surface area contributed by atoms with E-state index >= 15 is 0 Å². The van der Waals surface area contributed by atoms with Gasteiger partial charge in [0.15, 0.2) is 0 Å². The lowest BCUT2D eigenvalue weighted by Crippen LogP contribution is -1.94. The highest BCUT2D eigenvalue weighted by Gasteiger charge is 2.13. The number of pyridine rings is 1. The maximum atomic E-state index is 5.51. The molecule has 0 fully saturated rings. The van der Waals surface area contributed by atoms with Crippen molar-refractivity contribution >= 4 is 11.3 Å². The second kappa shape index (κ2) is 4.63. The number of aromatic nitrogens is 4. The van der Waals surface area contributed by atoms with Crippen LogP contribution in [0.2, 0.25) is 0 Å². The van der Waals surface area contributed by atoms with Gasteiger partial charge in [0.25, 0.3) is 5.89 Å². The Balaban J connectivity index is 1.94. The summed E-state index contributed by atoms with van der Waals surface area (Å²) in [6.45, 7) is 0.411. The Hall–Kier alpha value is -2.12. The number of thiazole rings is 1. The topological polar surface area (TPSA) is 90.7 Å². The summed E-state index contributed by atoms with van der Waals surface area (Å²) in [5.74, 6) is 0.894. The first-order valence-corrected chi connectivity index (χ1v) is 6.14. The minimum Gasteiger partial charge on any atom is -0.332 e. The second-order valence-electron chi connectivity index (χ2n) is 3.50. The minimum atomic E-state index is 0.393. The fraction of sp³-hybridized carbons (Fsp3) is 0.0909. The van der Waals surface area contributed by atoms with Gasteiger partial charge in [-0.25, -0.2) is 4.98 Å². The molecule has 0 aliphatic carbocycles. The van der Waals surface area contributed by atoms with Gasteiger partial charge in [-0.05, 0) is 12.1 Å². The molecule has 0 saturated carbocycles. The van der Waals surface area contributed by atoms with E-state index in [1.807, 2.05) is 17.5 Å². The summed E-state index contributed by atoms with van der Waals surface area (Å²) in [6.07, 6.45) is 3.37. The fourth-order valence-electron chi connectivity index (χ4n) is 1.44. The predicted molar refractivity (Wildman–Crippen MR) is 66.5 cm³/mol. The zero-order chi connectivity index (χ0) is 12.4. The van der Waals surface area contributed by atoms with Crippen LogP contribution in [-0.2, 0) is 6.54 Å². The van der Waals surface area contributed by atoms with Crippen molar-refractivity contribution in [1.29, 1.82) is 0 Å². The summed E-state index contributed by atoms with van der Waals surface area (Å²) in [5, 5.41) is 6.59. The van der Waals surface area contributed by atoms with E-state index in [0.717, 1.165) is 10.6 Å². The van der Waals surface area contributed by atoms with Crippen molar-refractivity contribution in [2.75, 3.05) is 0 Å². The number of hydrogen-bond acceptors (Lipinski definition) is 7. The highest BCUT2D eigenvalue weighted by Crippen LogP contribution is 2.22. The molecular formula is C11H9N5OS. The number of hydrogen-bond donors (Lipinski definition) is 1. The molecule has 0 atom stereocenters. The fourth-order valence-corrected chi connectivity index (χ4v) is 2.09. The molecule has 3 heterocycles. The molecule has 2 N–H and O–H groups in total. The van der Waals surface area contributed by atoms with Crippen LogP contribution in [0.5, 0.6) is 0 Å². The molecule has 0 aliphatic heterocycles. The number of rotatable bonds is 3. The highest BCUT2D eigenvalue weighted by atomic mass is 32.1. The lowest BCUT2D eigenvalue weighted by molar-refractivity contribution is 0.431. The SMILES string of the molecule is NCc1nc(-c2nc(-c3cccnc3)no2)cs1. The molecule has 0 bridgehead atoms. The molecule has 0 saturated heterocycles. The monoisotopic (exact) mass is 259 g/mol. The summed E-state index contributed by atoms with van der Waals surface area (Å²) in [6, 6.07) is 3.69. The van der Waals surface area contributed by atoms with Gasteiger partial charge in [0.05, 0.1) is 0 Å². The maximum Gasteiger partial charge on any atom is 0.277 e. The van der Waals surface area contributed by atoms with E-state index in [2.05, 4.69) is 20.1 Å². The van der Waals surface area contributed by atoms with Gasteiger partial charge >= 0.3 is 0 Å². The van der Waals surface area contributed by atoms with Crippen LogP contribution < -0.4 is 5.73 Å². The molecule has 0 amide bonds. The van der Waals surface area contributed by atoms with Gasteiger partial charge in [0.1, 0.15) is 10.7 Å². The van der Waals surface area contributed by atoms with Gasteiger partial charge in [0, 0.05) is 29.9 Å². The predicted octanol–water partition coefficient (Wildman–Crippen LogP) is 1.71. The molecule has 0 aromatic carbocycles. The molecule has 90 valence electrons. The van der Waals surface area contributed by atoms with E-state index in [9.17, 15) is 0 Å². The quantitative estimate of drug-likeness (QED) is 0.770. The molecule has 18 heavy (non-hydrogen) atoms. The summed E-state index contributed by atoms with van der Waals surface area (Å²) < 4.78 is 5.18. The van der Waals surface area contributed by atoms with E-state index in [1.54, 1.807) is 12.4 Å². The van der Waals surface area contributed by atoms with Crippen molar-refractivity contribution in [3.63, 3.8) is 0 Å². The van der Waals surface area contributed by atoms with Gasteiger partial charge in [-0.2, -0.15) is 4.98 Å². The molecule has 3 aromatic rings. The molecule has 3 aromatic heterocycles. The Morgan fingerprint density at radius 3 is 3.00 bits per heavy atom. The molecule has 0 radical (unpaired) electrons. The summed E-state index contributed by atoms with van der Waals surface area (Å²) >= 11 is 1.47. The van der Waals surface area contributed by atoms with E-state index in [1.165, 1.54) is 11.3 Å². The molecule has 6 nitrogen and oxygen atoms in total. The van der Waals surface area contributed by atoms with Gasteiger partial charge < -0.3 is 10.3 Å². The van der Waals surface area contributed by atoms with Crippen LogP contribution in [0.15, 0.2) is 34.4 Å². The van der Waals surface area contributed by atoms with Crippen LogP contribution in [0, 0.1) is 0 Å². The smallest absolute Gasteiger partial charge is 0.277 e. The van der Waals surface area contributed by atoms with Crippen molar-refractivity contribution in [2.24, 2.45) is 5.73 Å². The van der Waals surface area contributed by atoms with Crippen LogP contribution in [0.25, 0.3) is 23.0 Å². The van der Waals surface area contributed by atoms with Crippen molar-refractivity contribution in [3.8, 4) is 23.0 Å². The molecule has 0 unspecified atom stereocenters. The summed E-state index contributed by atoms with van der Waals surface area (Å²) in [4.78, 5) is 12.6. The van der Waals surface area contributed by atoms with Crippen LogP contribution in [0.4, 0.5) is 0 Å². The first-order valence-electron chi connectivity index (χ1n) is 5.26. The van der Waals surface area contributed by atoms with Gasteiger partial charge in [-0.1, -0.05) is 5.16 Å². The summed E-state index contributed by atoms with van der Waals surface area (Å²) in [5.41, 5.74) is 6.97. The first-order chi connectivity index (χ1) is 8.86. The van der Waals surface area contributed by atoms with Crippen LogP contribution in [-0.4, -0.2) is 20.1 Å². The van der Waals surface area contributed by atoms with E-state index in [-0.39, 0.29) is 0 Å². The molecular weight excluding hydrogens is 250 g/mol. The van der Waals surface area contributed by atoms with Gasteiger partial charge in [0.2, 0.25) is 5.82 Å². The van der Waals surface area contributed by atoms with Crippen LogP contribution in [0.3, 0.4) is 0 Å². The van der Waals surface area contributed by atoms with Crippen LogP contribution >= 0.6 is 11.3 Å². The Morgan fingerprint density at radius 1 is 1.33 bits per heavy atom. The molecule has 7 heteroatoms. The maximum absolute atomic E-state index is 5.51. The molecule has 0 aliphatic rings. The average Bonchev–Trinajstić information content (AvgIpc) is 3.08. The Kier molecular flexibility index (Phi) is 2.83. The van der Waals surface area contributed by atoms with E-state index < -0.39 is 0 Å². The normalized spacial score (nSPS) is 10.7. The van der Waals surface area contributed by atoms with Gasteiger partial charge in [-0.15, -0.1) is 11.3 Å². The van der Waals surface area contributed by atoms with Crippen molar-refractivity contribution in [2.45, 2.75) is 6.54 Å². The lowest BCUT2D eigenvalue weighted by Gasteiger charge is -1.89. The highest BCUT2D eigenvalue weighted by molar-refractivity contribution is 7.09. The van der Waals surface area contributed by atoms with Crippen molar-refractivity contribution < 1.29 is 4.52 Å². The van der Waals surface area contributed by atoms with Crippen molar-refractivity contribution in [3.05, 3.63) is 34.9 Å². The average molecular weight is 259 g/mol. The van der Waals surface area contributed by atoms with Gasteiger partial charge in [-0.3, -0.25) is 4.98 Å². The second-order valence-corrected chi connectivity index (χ2v) is 4.44. The third-order valence-corrected chi connectivity index (χ3v) is 3.16. The molecule has 0 spiro atoms. The standard InChI is InChI=1S/C11H9N5OS/c12-4-9-14-8(6-18-9)11-15-10(16-17-11)7-2-1-3-13-5-7/h1-3,5-6H,4,12H2. The Labute approximate surface area is 107 Å². The Bertz CT molecular complexity index is 648. The van der Waals surface area contributed by atoms with Crippen molar-refractivity contribution in [1.82, 2.24) is 20.1 Å². The Morgan fingerprint density at radius 2 is 2.28 bits per heavy atom. The third-order valence-electron chi connectivity index (χ3n) is 2.29. The largest absolute Gasteiger partial charge is 0.332 e. The number of nitrogens with two attached hydrogens (primary N) is 1. The zero-order valence-corrected chi connectivity index (χ0v) is 10.1. The minimum absolute atomic E-state index is 0.393. The van der Waals surface area contributed by atoms with E-state index in [4.69, 9.17) is 10.3 Å². The summed E-state index contributed by atoms with van der Waals surface area (Å²) in [7, 11) is 0. The third kappa shape index (κ3) is 2.01. The zero-order valence-electron chi connectivity index (χ0n) is 9.28. The van der Waals surface area contributed by atoms with Crippen LogP contribution in [0.1, 0.15) is 5.01 Å². The lowest BCUT2D eigenvalue weighted by atomic mass is 10.3. The molecule has 3 rings (SSSR count). The number of nitrogens with zero attached hydrogens (tertiary/aromatic N) is 4.